The van der Waals surface area contributed by atoms with Crippen molar-refractivity contribution in [1.29, 1.82) is 0 Å². The van der Waals surface area contributed by atoms with Crippen LogP contribution in [0.4, 0.5) is 16.2 Å². The molecule has 0 aliphatic rings. The number of nitrogen functional groups attached to an aromatic ring is 1. The van der Waals surface area contributed by atoms with E-state index in [4.69, 9.17) is 5.73 Å². The molecule has 3 amide bonds. The van der Waals surface area contributed by atoms with Crippen molar-refractivity contribution in [2.24, 2.45) is 0 Å². The Morgan fingerprint density at radius 1 is 1.28 bits per heavy atom. The van der Waals surface area contributed by atoms with E-state index in [9.17, 15) is 9.59 Å². The van der Waals surface area contributed by atoms with Gasteiger partial charge >= 0.3 is 6.03 Å². The fourth-order valence-corrected chi connectivity index (χ4v) is 1.52. The average Bonchev–Trinajstić information content (AvgIpc) is 2.32. The summed E-state index contributed by atoms with van der Waals surface area (Å²) in [5.74, 6) is -0.325. The lowest BCUT2D eigenvalue weighted by molar-refractivity contribution is -0.115. The molecule has 18 heavy (non-hydrogen) atoms. The number of anilines is 2. The molecule has 0 saturated carbocycles. The lowest BCUT2D eigenvalue weighted by atomic mass is 10.2. The van der Waals surface area contributed by atoms with Gasteiger partial charge in [-0.15, -0.1) is 0 Å². The first kappa shape index (κ1) is 14.0. The van der Waals surface area contributed by atoms with Gasteiger partial charge in [-0.25, -0.2) is 9.69 Å². The first-order valence-corrected chi connectivity index (χ1v) is 6.00. The minimum atomic E-state index is -0.402. The second-order valence-electron chi connectivity index (χ2n) is 4.03. The molecule has 0 unspecified atom stereocenters. The largest absolute Gasteiger partial charge is 0.399 e. The van der Waals surface area contributed by atoms with Crippen LogP contribution in [0.2, 0.25) is 0 Å². The number of hydrogen-bond acceptors (Lipinski definition) is 3. The van der Waals surface area contributed by atoms with E-state index in [2.05, 4.69) is 5.32 Å². The first-order valence-electron chi connectivity index (χ1n) is 6.00. The molecule has 0 aliphatic carbocycles. The predicted octanol–water partition coefficient (Wildman–Crippen LogP) is 2.13. The van der Waals surface area contributed by atoms with Gasteiger partial charge in [0.15, 0.2) is 0 Å². The summed E-state index contributed by atoms with van der Waals surface area (Å²) in [7, 11) is 0. The molecule has 1 rings (SSSR count). The fraction of sp³-hybridized carbons (Fsp3) is 0.385. The molecule has 0 saturated heterocycles. The number of nitrogens with one attached hydrogen (secondary N) is 1. The van der Waals surface area contributed by atoms with Gasteiger partial charge in [0.1, 0.15) is 0 Å². The first-order chi connectivity index (χ1) is 8.56. The van der Waals surface area contributed by atoms with Crippen molar-refractivity contribution in [1.82, 2.24) is 5.32 Å². The summed E-state index contributed by atoms with van der Waals surface area (Å²) in [5, 5.41) is 2.71. The van der Waals surface area contributed by atoms with Gasteiger partial charge in [-0.05, 0) is 30.7 Å². The highest BCUT2D eigenvalue weighted by molar-refractivity contribution is 6.13. The number of carbonyl (C=O) groups excluding carboxylic acids is 2. The van der Waals surface area contributed by atoms with E-state index < -0.39 is 6.03 Å². The van der Waals surface area contributed by atoms with Gasteiger partial charge in [-0.2, -0.15) is 0 Å². The van der Waals surface area contributed by atoms with E-state index >= 15 is 0 Å². The number of imide groups is 1. The Bertz CT molecular complexity index is 415. The molecule has 0 atom stereocenters. The number of amides is 3. The van der Waals surface area contributed by atoms with Gasteiger partial charge in [0, 0.05) is 19.2 Å². The van der Waals surface area contributed by atoms with Crippen molar-refractivity contribution in [3.8, 4) is 0 Å². The molecule has 5 nitrogen and oxygen atoms in total. The van der Waals surface area contributed by atoms with Crippen LogP contribution in [0.5, 0.6) is 0 Å². The van der Waals surface area contributed by atoms with Gasteiger partial charge in [-0.1, -0.05) is 13.3 Å². The Morgan fingerprint density at radius 3 is 2.39 bits per heavy atom. The van der Waals surface area contributed by atoms with Crippen molar-refractivity contribution < 1.29 is 9.59 Å². The number of benzene rings is 1. The second-order valence-corrected chi connectivity index (χ2v) is 4.03. The zero-order chi connectivity index (χ0) is 13.5. The lowest BCUT2D eigenvalue weighted by Gasteiger charge is -2.19. The van der Waals surface area contributed by atoms with E-state index in [1.807, 2.05) is 6.92 Å². The molecule has 0 spiro atoms. The van der Waals surface area contributed by atoms with Gasteiger partial charge < -0.3 is 11.1 Å². The molecule has 3 N–H and O–H groups in total. The summed E-state index contributed by atoms with van der Waals surface area (Å²) in [6.45, 7) is 3.96. The van der Waals surface area contributed by atoms with Crippen LogP contribution in [0, 0.1) is 0 Å². The topological polar surface area (TPSA) is 75.4 Å². The van der Waals surface area contributed by atoms with Crippen LogP contribution in [0.25, 0.3) is 0 Å². The smallest absolute Gasteiger partial charge is 0.328 e. The maximum absolute atomic E-state index is 11.9. The average molecular weight is 249 g/mol. The Balaban J connectivity index is 2.79. The summed E-state index contributed by atoms with van der Waals surface area (Å²) >= 11 is 0. The molecule has 0 aliphatic heterocycles. The maximum atomic E-state index is 11.9. The maximum Gasteiger partial charge on any atom is 0.328 e. The minimum absolute atomic E-state index is 0.325. The zero-order valence-electron chi connectivity index (χ0n) is 10.8. The van der Waals surface area contributed by atoms with Crippen molar-refractivity contribution >= 4 is 23.3 Å². The molecule has 0 fully saturated rings. The van der Waals surface area contributed by atoms with Crippen LogP contribution in [0.3, 0.4) is 0 Å². The molecule has 0 bridgehead atoms. The Hall–Kier alpha value is -2.04. The van der Waals surface area contributed by atoms with E-state index in [1.165, 1.54) is 6.92 Å². The third-order valence-corrected chi connectivity index (χ3v) is 2.48. The Kier molecular flexibility index (Phi) is 5.17. The molecule has 1 aromatic rings. The normalized spacial score (nSPS) is 9.89. The van der Waals surface area contributed by atoms with Crippen molar-refractivity contribution in [3.05, 3.63) is 24.3 Å². The molecule has 0 heterocycles. The standard InChI is InChI=1S/C13H19N3O2/c1-3-4-9-15-13(18)16(10(2)17)12-7-5-11(14)6-8-12/h5-8H,3-4,9,14H2,1-2H3,(H,15,18). The van der Waals surface area contributed by atoms with Gasteiger partial charge in [0.2, 0.25) is 5.91 Å². The van der Waals surface area contributed by atoms with Gasteiger partial charge in [-0.3, -0.25) is 4.79 Å². The molecule has 0 radical (unpaired) electrons. The summed E-state index contributed by atoms with van der Waals surface area (Å²) in [4.78, 5) is 24.6. The van der Waals surface area contributed by atoms with E-state index in [0.29, 0.717) is 17.9 Å². The number of hydrogen-bond donors (Lipinski definition) is 2. The van der Waals surface area contributed by atoms with Gasteiger partial charge in [0.25, 0.3) is 0 Å². The second kappa shape index (κ2) is 6.64. The van der Waals surface area contributed by atoms with Crippen LogP contribution in [0.15, 0.2) is 24.3 Å². The van der Waals surface area contributed by atoms with Gasteiger partial charge in [0.05, 0.1) is 5.69 Å². The van der Waals surface area contributed by atoms with E-state index in [1.54, 1.807) is 24.3 Å². The summed E-state index contributed by atoms with van der Waals surface area (Å²) in [6, 6.07) is 6.21. The number of rotatable bonds is 4. The monoisotopic (exact) mass is 249 g/mol. The van der Waals surface area contributed by atoms with Crippen LogP contribution in [-0.2, 0) is 4.79 Å². The SMILES string of the molecule is CCCCNC(=O)N(C(C)=O)c1ccc(N)cc1. The molecular formula is C13H19N3O2. The fourth-order valence-electron chi connectivity index (χ4n) is 1.52. The number of nitrogens with two attached hydrogens (primary N) is 1. The third-order valence-electron chi connectivity index (χ3n) is 2.48. The van der Waals surface area contributed by atoms with Crippen molar-refractivity contribution in [2.45, 2.75) is 26.7 Å². The summed E-state index contributed by atoms with van der Waals surface area (Å²) in [5.41, 5.74) is 6.68. The number of urea groups is 1. The Labute approximate surface area is 107 Å². The van der Waals surface area contributed by atoms with Crippen LogP contribution in [0.1, 0.15) is 26.7 Å². The molecule has 98 valence electrons. The molecule has 0 aromatic heterocycles. The van der Waals surface area contributed by atoms with Crippen LogP contribution < -0.4 is 16.0 Å². The molecular weight excluding hydrogens is 230 g/mol. The highest BCUT2D eigenvalue weighted by Crippen LogP contribution is 2.16. The number of unbranched alkanes of at least 4 members (excludes halogenated alkanes) is 1. The number of carbonyl (C=O) groups is 2. The predicted molar refractivity (Wildman–Crippen MR) is 72.3 cm³/mol. The van der Waals surface area contributed by atoms with Crippen LogP contribution in [-0.4, -0.2) is 18.5 Å². The summed E-state index contributed by atoms with van der Waals surface area (Å²) < 4.78 is 0. The minimum Gasteiger partial charge on any atom is -0.399 e. The van der Waals surface area contributed by atoms with Crippen molar-refractivity contribution in [3.63, 3.8) is 0 Å². The zero-order valence-corrected chi connectivity index (χ0v) is 10.8. The lowest BCUT2D eigenvalue weighted by Crippen LogP contribution is -2.43. The quantitative estimate of drug-likeness (QED) is 0.634. The molecule has 5 heteroatoms. The molecule has 1 aromatic carbocycles. The third kappa shape index (κ3) is 3.76. The van der Waals surface area contributed by atoms with E-state index in [0.717, 1.165) is 17.7 Å². The highest BCUT2D eigenvalue weighted by atomic mass is 16.2. The number of nitrogens with zero attached hydrogens (tertiary/aromatic N) is 1. The van der Waals surface area contributed by atoms with Crippen molar-refractivity contribution in [2.75, 3.05) is 17.2 Å². The van der Waals surface area contributed by atoms with Crippen LogP contribution >= 0.6 is 0 Å². The summed E-state index contributed by atoms with van der Waals surface area (Å²) in [6.07, 6.45) is 1.88. The Morgan fingerprint density at radius 2 is 1.89 bits per heavy atom. The highest BCUT2D eigenvalue weighted by Gasteiger charge is 2.19. The van der Waals surface area contributed by atoms with E-state index in [-0.39, 0.29) is 5.91 Å².